The highest BCUT2D eigenvalue weighted by Crippen LogP contribution is 2.29. The van der Waals surface area contributed by atoms with Crippen molar-refractivity contribution in [1.29, 1.82) is 0 Å². The third-order valence-electron chi connectivity index (χ3n) is 7.50. The number of rotatable bonds is 19. The van der Waals surface area contributed by atoms with Crippen LogP contribution in [-0.4, -0.2) is 30.4 Å². The summed E-state index contributed by atoms with van der Waals surface area (Å²) in [6.45, 7) is 5.92. The number of benzene rings is 2. The third kappa shape index (κ3) is 11.9. The van der Waals surface area contributed by atoms with E-state index in [0.29, 0.717) is 29.2 Å². The highest BCUT2D eigenvalue weighted by molar-refractivity contribution is 6.10. The second-order valence-corrected chi connectivity index (χ2v) is 10.8. The molecule has 0 spiro atoms. The van der Waals surface area contributed by atoms with E-state index >= 15 is 0 Å². The Hall–Kier alpha value is -2.94. The summed E-state index contributed by atoms with van der Waals surface area (Å²) in [6, 6.07) is 19.9. The van der Waals surface area contributed by atoms with E-state index in [0.717, 1.165) is 31.5 Å². The van der Waals surface area contributed by atoms with Crippen LogP contribution in [0.25, 0.3) is 0 Å². The SMILES string of the molecule is CCCCCCCCCCCCOc1ccc(C(=O)N(Cc2cccc[n+]2CCC)C(=O)c2ccccc2)cc1OC.[I-]. The molecule has 2 amide bonds. The van der Waals surface area contributed by atoms with Crippen LogP contribution in [0.4, 0.5) is 0 Å². The first-order valence-corrected chi connectivity index (χ1v) is 15.8. The van der Waals surface area contributed by atoms with E-state index in [1.54, 1.807) is 49.6 Å². The first-order chi connectivity index (χ1) is 20.6. The van der Waals surface area contributed by atoms with Crippen molar-refractivity contribution in [2.75, 3.05) is 13.7 Å². The van der Waals surface area contributed by atoms with E-state index in [9.17, 15) is 9.59 Å². The smallest absolute Gasteiger partial charge is 0.261 e. The van der Waals surface area contributed by atoms with E-state index in [2.05, 4.69) is 18.4 Å². The predicted octanol–water partition coefficient (Wildman–Crippen LogP) is 5.18. The number of carbonyl (C=O) groups is 2. The van der Waals surface area contributed by atoms with Gasteiger partial charge in [-0.3, -0.25) is 14.5 Å². The van der Waals surface area contributed by atoms with E-state index < -0.39 is 0 Å². The summed E-state index contributed by atoms with van der Waals surface area (Å²) in [4.78, 5) is 28.8. The Kier molecular flexibility index (Phi) is 17.6. The molecule has 6 nitrogen and oxygen atoms in total. The van der Waals surface area contributed by atoms with Crippen molar-refractivity contribution in [2.45, 2.75) is 97.6 Å². The second kappa shape index (κ2) is 20.9. The van der Waals surface area contributed by atoms with Crippen molar-refractivity contribution in [2.24, 2.45) is 0 Å². The van der Waals surface area contributed by atoms with Gasteiger partial charge in [-0.15, -0.1) is 0 Å². The number of hydrogen-bond donors (Lipinski definition) is 0. The Morgan fingerprint density at radius 3 is 1.98 bits per heavy atom. The summed E-state index contributed by atoms with van der Waals surface area (Å²) in [6.07, 6.45) is 15.6. The van der Waals surface area contributed by atoms with E-state index in [-0.39, 0.29) is 42.3 Å². The number of amides is 2. The van der Waals surface area contributed by atoms with Crippen LogP contribution in [0.1, 0.15) is 111 Å². The maximum Gasteiger partial charge on any atom is 0.261 e. The van der Waals surface area contributed by atoms with Gasteiger partial charge in [0.25, 0.3) is 11.8 Å². The fraction of sp³-hybridized carbons (Fsp3) is 0.472. The summed E-state index contributed by atoms with van der Waals surface area (Å²) >= 11 is 0. The molecular formula is C36H49IN2O4. The van der Waals surface area contributed by atoms with Crippen LogP contribution >= 0.6 is 0 Å². The molecule has 0 atom stereocenters. The van der Waals surface area contributed by atoms with Crippen molar-refractivity contribution < 1.29 is 47.6 Å². The fourth-order valence-electron chi connectivity index (χ4n) is 5.10. The minimum atomic E-state index is -0.379. The Morgan fingerprint density at radius 2 is 1.33 bits per heavy atom. The largest absolute Gasteiger partial charge is 1.00 e. The molecule has 3 rings (SSSR count). The molecule has 3 aromatic rings. The van der Waals surface area contributed by atoms with Crippen LogP contribution in [0.15, 0.2) is 72.9 Å². The van der Waals surface area contributed by atoms with Crippen LogP contribution in [0.5, 0.6) is 11.5 Å². The number of unbranched alkanes of at least 4 members (excludes halogenated alkanes) is 9. The van der Waals surface area contributed by atoms with Gasteiger partial charge >= 0.3 is 0 Å². The van der Waals surface area contributed by atoms with Gasteiger partial charge in [-0.1, -0.05) is 95.9 Å². The zero-order valence-corrected chi connectivity index (χ0v) is 28.4. The Bertz CT molecular complexity index is 1230. The van der Waals surface area contributed by atoms with Gasteiger partial charge in [0.15, 0.2) is 17.7 Å². The Morgan fingerprint density at radius 1 is 0.698 bits per heavy atom. The molecule has 7 heteroatoms. The lowest BCUT2D eigenvalue weighted by atomic mass is 10.1. The zero-order chi connectivity index (χ0) is 30.0. The number of carbonyl (C=O) groups excluding carboxylic acids is 2. The molecule has 234 valence electrons. The van der Waals surface area contributed by atoms with Gasteiger partial charge in [0.1, 0.15) is 13.1 Å². The molecule has 0 aliphatic rings. The number of hydrogen-bond acceptors (Lipinski definition) is 4. The average molecular weight is 701 g/mol. The minimum Gasteiger partial charge on any atom is -1.00 e. The maximum atomic E-state index is 13.9. The van der Waals surface area contributed by atoms with Crippen molar-refractivity contribution in [3.63, 3.8) is 0 Å². The first-order valence-electron chi connectivity index (χ1n) is 15.8. The molecule has 1 heterocycles. The van der Waals surface area contributed by atoms with E-state index in [1.807, 2.05) is 30.5 Å². The molecule has 0 bridgehead atoms. The lowest BCUT2D eigenvalue weighted by Gasteiger charge is -2.21. The number of ether oxygens (including phenoxy) is 2. The highest BCUT2D eigenvalue weighted by Gasteiger charge is 2.28. The monoisotopic (exact) mass is 700 g/mol. The standard InChI is InChI=1S/C36H49N2O4.HI/c1-4-6-7-8-9-10-11-12-13-19-27-42-33-24-23-31(28-34(33)41-3)36(40)38(35(39)30-20-15-14-16-21-30)29-32-22-17-18-26-37(32)25-5-2;/h14-18,20-24,26,28H,4-13,19,25,27,29H2,1-3H3;1H/q+1;/p-1. The Labute approximate surface area is 275 Å². The van der Waals surface area contributed by atoms with Crippen LogP contribution in [0, 0.1) is 0 Å². The second-order valence-electron chi connectivity index (χ2n) is 10.8. The van der Waals surface area contributed by atoms with Crippen LogP contribution in [-0.2, 0) is 13.1 Å². The van der Waals surface area contributed by atoms with E-state index in [1.165, 1.54) is 56.3 Å². The van der Waals surface area contributed by atoms with Crippen molar-refractivity contribution in [3.05, 3.63) is 89.7 Å². The van der Waals surface area contributed by atoms with Crippen molar-refractivity contribution in [3.8, 4) is 11.5 Å². The van der Waals surface area contributed by atoms with Crippen molar-refractivity contribution >= 4 is 11.8 Å². The van der Waals surface area contributed by atoms with Gasteiger partial charge in [0, 0.05) is 29.7 Å². The molecule has 0 aliphatic heterocycles. The molecule has 0 unspecified atom stereocenters. The van der Waals surface area contributed by atoms with Gasteiger partial charge in [-0.25, -0.2) is 4.57 Å². The van der Waals surface area contributed by atoms with Gasteiger partial charge in [0.2, 0.25) is 5.69 Å². The number of aryl methyl sites for hydroxylation is 1. The average Bonchev–Trinajstić information content (AvgIpc) is 3.03. The quantitative estimate of drug-likeness (QED) is 0.0750. The number of aromatic nitrogens is 1. The first kappa shape index (κ1) is 36.3. The molecule has 0 N–H and O–H groups in total. The summed E-state index contributed by atoms with van der Waals surface area (Å²) in [5.41, 5.74) is 1.73. The number of pyridine rings is 1. The zero-order valence-electron chi connectivity index (χ0n) is 26.2. The van der Waals surface area contributed by atoms with Gasteiger partial charge < -0.3 is 33.5 Å². The number of halogens is 1. The number of imide groups is 1. The lowest BCUT2D eigenvalue weighted by Crippen LogP contribution is -3.00. The van der Waals surface area contributed by atoms with Gasteiger partial charge in [-0.2, -0.15) is 0 Å². The number of nitrogens with zero attached hydrogens (tertiary/aromatic N) is 2. The third-order valence-corrected chi connectivity index (χ3v) is 7.50. The van der Waals surface area contributed by atoms with Crippen LogP contribution in [0.2, 0.25) is 0 Å². The normalized spacial score (nSPS) is 10.6. The minimum absolute atomic E-state index is 0. The van der Waals surface area contributed by atoms with Gasteiger partial charge in [-0.05, 0) is 36.8 Å². The van der Waals surface area contributed by atoms with Crippen LogP contribution < -0.4 is 38.0 Å². The molecule has 0 saturated heterocycles. The maximum absolute atomic E-state index is 13.9. The molecule has 0 aliphatic carbocycles. The van der Waals surface area contributed by atoms with Gasteiger partial charge in [0.05, 0.1) is 13.7 Å². The predicted molar refractivity (Wildman–Crippen MR) is 168 cm³/mol. The number of methoxy groups -OCH3 is 1. The summed E-state index contributed by atoms with van der Waals surface area (Å²) in [7, 11) is 1.57. The van der Waals surface area contributed by atoms with E-state index in [4.69, 9.17) is 9.47 Å². The fourth-order valence-corrected chi connectivity index (χ4v) is 5.10. The molecule has 43 heavy (non-hydrogen) atoms. The lowest BCUT2D eigenvalue weighted by molar-refractivity contribution is -0.704. The molecule has 0 saturated carbocycles. The highest BCUT2D eigenvalue weighted by atomic mass is 127. The summed E-state index contributed by atoms with van der Waals surface area (Å²) in [5, 5.41) is 0. The van der Waals surface area contributed by atoms with Crippen LogP contribution in [0.3, 0.4) is 0 Å². The Balaban J connectivity index is 0.00000645. The summed E-state index contributed by atoms with van der Waals surface area (Å²) in [5.74, 6) is 0.374. The molecule has 1 aromatic heterocycles. The topological polar surface area (TPSA) is 59.7 Å². The molecular weight excluding hydrogens is 651 g/mol. The van der Waals surface area contributed by atoms with Crippen molar-refractivity contribution in [1.82, 2.24) is 4.90 Å². The summed E-state index contributed by atoms with van der Waals surface area (Å²) < 4.78 is 13.7. The molecule has 0 radical (unpaired) electrons. The molecule has 2 aromatic carbocycles. The molecule has 0 fully saturated rings.